The summed E-state index contributed by atoms with van der Waals surface area (Å²) in [4.78, 5) is 56.0. The van der Waals surface area contributed by atoms with E-state index in [0.717, 1.165) is 64.4 Å². The highest BCUT2D eigenvalue weighted by Crippen LogP contribution is 2.44. The second-order valence-electron chi connectivity index (χ2n) is 19.8. The summed E-state index contributed by atoms with van der Waals surface area (Å²) in [5, 5.41) is 19.8. The molecule has 16 nitrogen and oxygen atoms in total. The number of carbonyl (C=O) groups is 4. The van der Waals surface area contributed by atoms with Gasteiger partial charge in [-0.15, -0.1) is 11.3 Å². The van der Waals surface area contributed by atoms with Crippen molar-refractivity contribution in [2.75, 3.05) is 57.1 Å². The fourth-order valence-electron chi connectivity index (χ4n) is 8.35. The Morgan fingerprint density at radius 3 is 2.38 bits per heavy atom. The normalized spacial score (nSPS) is 19.5. The van der Waals surface area contributed by atoms with E-state index in [4.69, 9.17) is 20.2 Å². The molecule has 3 unspecified atom stereocenters. The Balaban J connectivity index is 0.000000205. The number of nitrogens with one attached hydrogen (secondary N) is 3. The molecule has 2 aliphatic heterocycles. The molecule has 0 spiro atoms. The molecular formula is C55H79N7O9S2. The van der Waals surface area contributed by atoms with Crippen LogP contribution >= 0.6 is 11.3 Å². The summed E-state index contributed by atoms with van der Waals surface area (Å²) in [7, 11) is -1.81. The number of ether oxygens (including phenoxy) is 2. The van der Waals surface area contributed by atoms with E-state index in [0.29, 0.717) is 69.4 Å². The van der Waals surface area contributed by atoms with E-state index in [2.05, 4.69) is 67.5 Å². The SMILES string of the molecule is CC/C(C)=C(/C=C(/O)c1ccc(OC)c(C)c1C)c1nc(C(C)C)cs1.CCCCC/C=C\C1CC1C(=O)NS(=O)(=O)C1(C)CC1.NC(=O)C1CCCN1C(=O)CNc1cccc(NC(=O)N2CCOCC2)c1. The molecule has 0 radical (unpaired) electrons. The van der Waals surface area contributed by atoms with Crippen LogP contribution in [0.25, 0.3) is 11.3 Å². The first kappa shape index (κ1) is 58.2. The lowest BCUT2D eigenvalue weighted by Crippen LogP contribution is -2.45. The van der Waals surface area contributed by atoms with Gasteiger partial charge in [0.1, 0.15) is 22.6 Å². The summed E-state index contributed by atoms with van der Waals surface area (Å²) < 4.78 is 36.1. The van der Waals surface area contributed by atoms with Crippen LogP contribution < -0.4 is 25.8 Å². The maximum Gasteiger partial charge on any atom is 0.322 e. The third-order valence-corrected chi connectivity index (χ3v) is 17.0. The number of hydrogen-bond acceptors (Lipinski definition) is 12. The van der Waals surface area contributed by atoms with E-state index < -0.39 is 26.7 Å². The molecule has 4 fully saturated rings. The van der Waals surface area contributed by atoms with E-state index in [1.165, 1.54) is 29.7 Å². The fraction of sp³-hybridized carbons (Fsp3) is 0.545. The first-order chi connectivity index (χ1) is 34.7. The lowest BCUT2D eigenvalue weighted by Gasteiger charge is -2.27. The molecule has 5 amide bonds. The maximum atomic E-state index is 12.4. The van der Waals surface area contributed by atoms with Crippen LogP contribution in [-0.2, 0) is 29.1 Å². The van der Waals surface area contributed by atoms with Gasteiger partial charge < -0.3 is 40.7 Å². The van der Waals surface area contributed by atoms with Gasteiger partial charge >= 0.3 is 6.03 Å². The van der Waals surface area contributed by atoms with Crippen LogP contribution in [-0.4, -0.2) is 109 Å². The lowest BCUT2D eigenvalue weighted by atomic mass is 9.98. The van der Waals surface area contributed by atoms with Crippen molar-refractivity contribution in [3.63, 3.8) is 0 Å². The number of urea groups is 1. The number of hydrogen-bond donors (Lipinski definition) is 5. The number of nitrogens with zero attached hydrogens (tertiary/aromatic N) is 3. The van der Waals surface area contributed by atoms with Gasteiger partial charge in [-0.2, -0.15) is 0 Å². The zero-order valence-electron chi connectivity index (χ0n) is 44.3. The summed E-state index contributed by atoms with van der Waals surface area (Å²) in [6, 6.07) is 10.3. The predicted molar refractivity (Wildman–Crippen MR) is 292 cm³/mol. The number of nitrogens with two attached hydrogens (primary N) is 1. The number of methoxy groups -OCH3 is 1. The Bertz CT molecular complexity index is 2600. The minimum atomic E-state index is -3.47. The second-order valence-corrected chi connectivity index (χ2v) is 22.9. The molecule has 3 aromatic rings. The van der Waals surface area contributed by atoms with Crippen molar-refractivity contribution >= 4 is 67.8 Å². The third-order valence-electron chi connectivity index (χ3n) is 14.0. The van der Waals surface area contributed by atoms with Gasteiger partial charge in [0.05, 0.1) is 37.3 Å². The highest BCUT2D eigenvalue weighted by atomic mass is 32.2. The van der Waals surface area contributed by atoms with E-state index in [-0.39, 0.29) is 42.0 Å². The van der Waals surface area contributed by atoms with Gasteiger partial charge in [-0.3, -0.25) is 19.1 Å². The number of likely N-dealkylation sites (tertiary alicyclic amines) is 1. The highest BCUT2D eigenvalue weighted by Gasteiger charge is 2.52. The molecule has 3 heterocycles. The standard InChI is InChI=1S/C22H29NO2S.C18H25N5O4.C15H25NO3S/c1-8-14(4)18(22-23-19(12-26-22)13(2)3)11-20(24)17-9-10-21(25-7)16(6)15(17)5;19-17(25)15-5-2-6-23(15)16(24)12-20-13-3-1-4-14(11-13)21-18(26)22-7-9-27-10-8-22;1-3-4-5-6-7-8-12-11-13(12)14(17)16-20(18,19)15(2)9-10-15/h9-13,24H,8H2,1-7H3;1,3-4,11,15,20H,2,5-10,12H2,(H2,19,25)(H,21,26);7-8,12-13H,3-6,9-11H2,1-2H3,(H,16,17)/b18-14-,20-11+;;8-7-. The molecule has 1 aromatic heterocycles. The van der Waals surface area contributed by atoms with Gasteiger partial charge in [-0.05, 0) is 138 Å². The van der Waals surface area contributed by atoms with Crippen LogP contribution in [0.4, 0.5) is 16.2 Å². The molecule has 18 heteroatoms. The smallest absolute Gasteiger partial charge is 0.322 e. The van der Waals surface area contributed by atoms with Crippen LogP contribution in [0.15, 0.2) is 65.6 Å². The Morgan fingerprint density at radius 1 is 1.04 bits per heavy atom. The number of thiazole rings is 1. The van der Waals surface area contributed by atoms with Gasteiger partial charge in [0, 0.05) is 53.4 Å². The summed E-state index contributed by atoms with van der Waals surface area (Å²) >= 11 is 1.64. The van der Waals surface area contributed by atoms with Crippen LogP contribution in [0.3, 0.4) is 0 Å². The first-order valence-electron chi connectivity index (χ1n) is 25.7. The van der Waals surface area contributed by atoms with Gasteiger partial charge in [0.25, 0.3) is 0 Å². The van der Waals surface area contributed by atoms with Crippen LogP contribution in [0, 0.1) is 25.7 Å². The van der Waals surface area contributed by atoms with Crippen LogP contribution in [0.2, 0.25) is 0 Å². The van der Waals surface area contributed by atoms with Crippen molar-refractivity contribution < 1.29 is 42.2 Å². The number of aliphatic hydroxyl groups excluding tert-OH is 1. The van der Waals surface area contributed by atoms with Crippen LogP contribution in [0.1, 0.15) is 139 Å². The maximum absolute atomic E-state index is 12.4. The number of allylic oxidation sites excluding steroid dienone is 5. The number of aromatic nitrogens is 1. The lowest BCUT2D eigenvalue weighted by molar-refractivity contribution is -0.135. The van der Waals surface area contributed by atoms with Gasteiger partial charge in [-0.25, -0.2) is 18.2 Å². The average Bonchev–Trinajstić information content (AvgIpc) is 4.19. The van der Waals surface area contributed by atoms with Crippen molar-refractivity contribution in [3.05, 3.63) is 93.0 Å². The summed E-state index contributed by atoms with van der Waals surface area (Å²) in [6.07, 6.45) is 15.1. The number of anilines is 2. The molecule has 3 atom stereocenters. The average molecular weight is 1050 g/mol. The molecule has 400 valence electrons. The zero-order chi connectivity index (χ0) is 53.5. The monoisotopic (exact) mass is 1050 g/mol. The quantitative estimate of drug-likeness (QED) is 0.0329. The van der Waals surface area contributed by atoms with E-state index in [1.54, 1.807) is 48.5 Å². The number of amides is 5. The minimum Gasteiger partial charge on any atom is -0.507 e. The molecule has 0 bridgehead atoms. The molecule has 6 N–H and O–H groups in total. The van der Waals surface area contributed by atoms with Crippen molar-refractivity contribution in [1.29, 1.82) is 0 Å². The molecule has 2 saturated carbocycles. The van der Waals surface area contributed by atoms with E-state index >= 15 is 0 Å². The second kappa shape index (κ2) is 27.0. The fourth-order valence-corrected chi connectivity index (χ4v) is 10.7. The number of primary amides is 1. The van der Waals surface area contributed by atoms with Crippen molar-refractivity contribution in [2.24, 2.45) is 17.6 Å². The molecule has 2 saturated heterocycles. The summed E-state index contributed by atoms with van der Waals surface area (Å²) in [5.41, 5.74) is 12.9. The van der Waals surface area contributed by atoms with Crippen molar-refractivity contribution in [3.8, 4) is 5.75 Å². The van der Waals surface area contributed by atoms with Gasteiger partial charge in [-0.1, -0.05) is 64.3 Å². The number of carbonyl (C=O) groups excluding carboxylic acids is 4. The number of rotatable bonds is 19. The Morgan fingerprint density at radius 2 is 1.75 bits per heavy atom. The molecule has 73 heavy (non-hydrogen) atoms. The number of unbranched alkanes of at least 4 members (excludes halogenated alkanes) is 3. The summed E-state index contributed by atoms with van der Waals surface area (Å²) in [5.74, 6) is 0.632. The molecule has 4 aliphatic rings. The zero-order valence-corrected chi connectivity index (χ0v) is 46.0. The third kappa shape index (κ3) is 16.4. The largest absolute Gasteiger partial charge is 0.507 e. The first-order valence-corrected chi connectivity index (χ1v) is 28.1. The number of morpholine rings is 1. The van der Waals surface area contributed by atoms with Crippen molar-refractivity contribution in [1.82, 2.24) is 19.5 Å². The molecule has 2 aromatic carbocycles. The number of aliphatic hydroxyl groups is 1. The Labute approximate surface area is 437 Å². The number of sulfonamides is 1. The Kier molecular flexibility index (Phi) is 21.5. The molecule has 7 rings (SSSR count). The topological polar surface area (TPSA) is 223 Å². The van der Waals surface area contributed by atoms with Gasteiger partial charge in [0.2, 0.25) is 27.7 Å². The minimum absolute atomic E-state index is 0.0602. The number of benzene rings is 2. The molecular weight excluding hydrogens is 967 g/mol. The van der Waals surface area contributed by atoms with Gasteiger partial charge in [0.15, 0.2) is 0 Å². The van der Waals surface area contributed by atoms with Crippen molar-refractivity contribution in [2.45, 2.75) is 136 Å². The molecule has 2 aliphatic carbocycles. The highest BCUT2D eigenvalue weighted by molar-refractivity contribution is 7.91. The van der Waals surface area contributed by atoms with E-state index in [1.807, 2.05) is 38.1 Å². The summed E-state index contributed by atoms with van der Waals surface area (Å²) in [6.45, 7) is 19.2. The Hall–Kier alpha value is -5.72. The van der Waals surface area contributed by atoms with E-state index in [9.17, 15) is 32.7 Å². The van der Waals surface area contributed by atoms with Crippen LogP contribution in [0.5, 0.6) is 5.75 Å². The predicted octanol–water partition coefficient (Wildman–Crippen LogP) is 9.87.